The van der Waals surface area contributed by atoms with E-state index in [9.17, 15) is 4.79 Å². The van der Waals surface area contributed by atoms with Crippen LogP contribution in [0.3, 0.4) is 0 Å². The van der Waals surface area contributed by atoms with Crippen LogP contribution in [0.1, 0.15) is 41.6 Å². The van der Waals surface area contributed by atoms with Gasteiger partial charge in [-0.3, -0.25) is 4.79 Å². The summed E-state index contributed by atoms with van der Waals surface area (Å²) in [7, 11) is 0. The first-order valence-corrected chi connectivity index (χ1v) is 8.61. The Morgan fingerprint density at radius 3 is 2.67 bits per heavy atom. The van der Waals surface area contributed by atoms with Gasteiger partial charge in [0.2, 0.25) is 0 Å². The third kappa shape index (κ3) is 3.61. The predicted molar refractivity (Wildman–Crippen MR) is 91.2 cm³/mol. The average Bonchev–Trinajstić information content (AvgIpc) is 3.01. The molecule has 0 N–H and O–H groups in total. The Balaban J connectivity index is 1.53. The molecular formula is C19H24N2O3. The van der Waals surface area contributed by atoms with Gasteiger partial charge in [0.05, 0.1) is 12.3 Å². The zero-order valence-electron chi connectivity index (χ0n) is 14.3. The second kappa shape index (κ2) is 7.51. The van der Waals surface area contributed by atoms with Crippen LogP contribution in [0, 0.1) is 12.8 Å². The van der Waals surface area contributed by atoms with Crippen LogP contribution in [0.25, 0.3) is 0 Å². The standard InChI is InChI=1S/C19H24N2O3/c1-3-17-18(14(2)24-20-17)19(22)21-11-9-15(10-12-21)13-23-16-7-5-4-6-8-16/h4-8,15H,3,9-13H2,1-2H3. The van der Waals surface area contributed by atoms with Crippen molar-refractivity contribution >= 4 is 5.91 Å². The van der Waals surface area contributed by atoms with E-state index in [1.54, 1.807) is 6.92 Å². The minimum absolute atomic E-state index is 0.0491. The number of hydrogen-bond donors (Lipinski definition) is 0. The fourth-order valence-electron chi connectivity index (χ4n) is 3.13. The van der Waals surface area contributed by atoms with E-state index in [0.29, 0.717) is 30.3 Å². The molecule has 2 heterocycles. The Hall–Kier alpha value is -2.30. The number of carbonyl (C=O) groups excluding carboxylic acids is 1. The van der Waals surface area contributed by atoms with Gasteiger partial charge in [-0.2, -0.15) is 0 Å². The van der Waals surface area contributed by atoms with Gasteiger partial charge in [-0.25, -0.2) is 0 Å². The van der Waals surface area contributed by atoms with E-state index >= 15 is 0 Å². The lowest BCUT2D eigenvalue weighted by atomic mass is 9.97. The molecule has 128 valence electrons. The second-order valence-corrected chi connectivity index (χ2v) is 6.27. The van der Waals surface area contributed by atoms with Gasteiger partial charge in [0.1, 0.15) is 17.1 Å². The highest BCUT2D eigenvalue weighted by Gasteiger charge is 2.28. The maximum Gasteiger partial charge on any atom is 0.259 e. The lowest BCUT2D eigenvalue weighted by Crippen LogP contribution is -2.40. The van der Waals surface area contributed by atoms with Crippen molar-refractivity contribution in [3.05, 3.63) is 47.3 Å². The summed E-state index contributed by atoms with van der Waals surface area (Å²) in [6.07, 6.45) is 2.63. The van der Waals surface area contributed by atoms with E-state index in [0.717, 1.165) is 37.4 Å². The van der Waals surface area contributed by atoms with Crippen molar-refractivity contribution in [3.63, 3.8) is 0 Å². The van der Waals surface area contributed by atoms with Crippen LogP contribution in [0.5, 0.6) is 5.75 Å². The summed E-state index contributed by atoms with van der Waals surface area (Å²) < 4.78 is 11.0. The van der Waals surface area contributed by atoms with Crippen molar-refractivity contribution < 1.29 is 14.1 Å². The number of nitrogens with zero attached hydrogens (tertiary/aromatic N) is 2. The van der Waals surface area contributed by atoms with Gasteiger partial charge in [0, 0.05) is 13.1 Å². The maximum atomic E-state index is 12.7. The van der Waals surface area contributed by atoms with Crippen LogP contribution in [0.15, 0.2) is 34.9 Å². The van der Waals surface area contributed by atoms with Crippen molar-refractivity contribution in [2.45, 2.75) is 33.1 Å². The topological polar surface area (TPSA) is 55.6 Å². The van der Waals surface area contributed by atoms with Crippen LogP contribution >= 0.6 is 0 Å². The molecule has 1 amide bonds. The Kier molecular flexibility index (Phi) is 5.18. The zero-order valence-corrected chi connectivity index (χ0v) is 14.3. The number of para-hydroxylation sites is 1. The maximum absolute atomic E-state index is 12.7. The molecule has 24 heavy (non-hydrogen) atoms. The lowest BCUT2D eigenvalue weighted by molar-refractivity contribution is 0.0658. The highest BCUT2D eigenvalue weighted by Crippen LogP contribution is 2.23. The van der Waals surface area contributed by atoms with Crippen molar-refractivity contribution in [3.8, 4) is 5.75 Å². The minimum atomic E-state index is 0.0491. The number of carbonyl (C=O) groups is 1. The summed E-state index contributed by atoms with van der Waals surface area (Å²) in [5, 5.41) is 3.99. The first-order chi connectivity index (χ1) is 11.7. The summed E-state index contributed by atoms with van der Waals surface area (Å²) >= 11 is 0. The molecule has 1 aromatic carbocycles. The van der Waals surface area contributed by atoms with Crippen LogP contribution in [0.4, 0.5) is 0 Å². The molecule has 5 nitrogen and oxygen atoms in total. The molecule has 0 unspecified atom stereocenters. The monoisotopic (exact) mass is 328 g/mol. The molecule has 0 saturated carbocycles. The van der Waals surface area contributed by atoms with Crippen LogP contribution in [0.2, 0.25) is 0 Å². The molecular weight excluding hydrogens is 304 g/mol. The van der Waals surface area contributed by atoms with Gasteiger partial charge >= 0.3 is 0 Å². The molecule has 1 fully saturated rings. The molecule has 1 aromatic heterocycles. The van der Waals surface area contributed by atoms with E-state index in [4.69, 9.17) is 9.26 Å². The number of aromatic nitrogens is 1. The summed E-state index contributed by atoms with van der Waals surface area (Å²) in [5.74, 6) is 2.06. The van der Waals surface area contributed by atoms with Crippen LogP contribution < -0.4 is 4.74 Å². The molecule has 0 atom stereocenters. The first kappa shape index (κ1) is 16.6. The quantitative estimate of drug-likeness (QED) is 0.843. The normalized spacial score (nSPS) is 15.5. The van der Waals surface area contributed by atoms with E-state index in [2.05, 4.69) is 5.16 Å². The zero-order chi connectivity index (χ0) is 16.9. The number of ether oxygens (including phenoxy) is 1. The van der Waals surface area contributed by atoms with Crippen molar-refractivity contribution in [1.29, 1.82) is 0 Å². The number of likely N-dealkylation sites (tertiary alicyclic amines) is 1. The highest BCUT2D eigenvalue weighted by atomic mass is 16.5. The van der Waals surface area contributed by atoms with Crippen molar-refractivity contribution in [2.24, 2.45) is 5.92 Å². The number of benzene rings is 1. The second-order valence-electron chi connectivity index (χ2n) is 6.27. The number of piperidine rings is 1. The van der Waals surface area contributed by atoms with E-state index < -0.39 is 0 Å². The lowest BCUT2D eigenvalue weighted by Gasteiger charge is -2.31. The number of hydrogen-bond acceptors (Lipinski definition) is 4. The first-order valence-electron chi connectivity index (χ1n) is 8.61. The van der Waals surface area contributed by atoms with Gasteiger partial charge in [-0.1, -0.05) is 30.3 Å². The molecule has 3 rings (SSSR count). The molecule has 1 saturated heterocycles. The van der Waals surface area contributed by atoms with Gasteiger partial charge in [-0.15, -0.1) is 0 Å². The summed E-state index contributed by atoms with van der Waals surface area (Å²) in [5.41, 5.74) is 1.41. The molecule has 0 spiro atoms. The smallest absolute Gasteiger partial charge is 0.259 e. The third-order valence-electron chi connectivity index (χ3n) is 4.61. The molecule has 1 aliphatic heterocycles. The molecule has 0 radical (unpaired) electrons. The largest absolute Gasteiger partial charge is 0.493 e. The Morgan fingerprint density at radius 1 is 1.29 bits per heavy atom. The number of amides is 1. The SMILES string of the molecule is CCc1noc(C)c1C(=O)N1CCC(COc2ccccc2)CC1. The third-order valence-corrected chi connectivity index (χ3v) is 4.61. The van der Waals surface area contributed by atoms with Gasteiger partial charge in [0.25, 0.3) is 5.91 Å². The summed E-state index contributed by atoms with van der Waals surface area (Å²) in [6, 6.07) is 9.87. The molecule has 0 bridgehead atoms. The van der Waals surface area contributed by atoms with Gasteiger partial charge < -0.3 is 14.2 Å². The summed E-state index contributed by atoms with van der Waals surface area (Å²) in [4.78, 5) is 14.7. The van der Waals surface area contributed by atoms with E-state index in [1.165, 1.54) is 0 Å². The van der Waals surface area contributed by atoms with Crippen molar-refractivity contribution in [2.75, 3.05) is 19.7 Å². The van der Waals surface area contributed by atoms with Gasteiger partial charge in [0.15, 0.2) is 0 Å². The fourth-order valence-corrected chi connectivity index (χ4v) is 3.13. The average molecular weight is 328 g/mol. The molecule has 0 aliphatic carbocycles. The van der Waals surface area contributed by atoms with E-state index in [-0.39, 0.29) is 5.91 Å². The fraction of sp³-hybridized carbons (Fsp3) is 0.474. The van der Waals surface area contributed by atoms with Crippen LogP contribution in [-0.4, -0.2) is 35.7 Å². The summed E-state index contributed by atoms with van der Waals surface area (Å²) in [6.45, 7) is 6.02. The van der Waals surface area contributed by atoms with Crippen LogP contribution in [-0.2, 0) is 6.42 Å². The number of aryl methyl sites for hydroxylation is 2. The number of rotatable bonds is 5. The Labute approximate surface area is 142 Å². The molecule has 5 heteroatoms. The molecule has 2 aromatic rings. The van der Waals surface area contributed by atoms with Crippen molar-refractivity contribution in [1.82, 2.24) is 10.1 Å². The van der Waals surface area contributed by atoms with E-state index in [1.807, 2.05) is 42.2 Å². The minimum Gasteiger partial charge on any atom is -0.493 e. The Morgan fingerprint density at radius 2 is 2.00 bits per heavy atom. The Bertz CT molecular complexity index is 673. The van der Waals surface area contributed by atoms with Gasteiger partial charge in [-0.05, 0) is 44.2 Å². The predicted octanol–water partition coefficient (Wildman–Crippen LogP) is 3.48. The highest BCUT2D eigenvalue weighted by molar-refractivity contribution is 5.96. The molecule has 1 aliphatic rings.